The summed E-state index contributed by atoms with van der Waals surface area (Å²) in [7, 11) is 1.69. The van der Waals surface area contributed by atoms with E-state index in [1.165, 1.54) is 6.20 Å². The summed E-state index contributed by atoms with van der Waals surface area (Å²) < 4.78 is 38.4. The summed E-state index contributed by atoms with van der Waals surface area (Å²) in [5.74, 6) is -1.41. The highest BCUT2D eigenvalue weighted by atomic mass is 19.1. The monoisotopic (exact) mass is 335 g/mol. The Morgan fingerprint density at radius 3 is 2.71 bits per heavy atom. The Bertz CT molecular complexity index is 662. The summed E-state index contributed by atoms with van der Waals surface area (Å²) in [6, 6.07) is 3.49. The third kappa shape index (κ3) is 3.75. The Balaban J connectivity index is 1.67. The van der Waals surface area contributed by atoms with E-state index in [9.17, 15) is 8.78 Å². The third-order valence-electron chi connectivity index (χ3n) is 4.11. The van der Waals surface area contributed by atoms with E-state index in [4.69, 9.17) is 9.47 Å². The molecule has 0 aromatic carbocycles. The smallest absolute Gasteiger partial charge is 0.152 e. The first-order valence-electron chi connectivity index (χ1n) is 7.77. The maximum atomic E-state index is 13.7. The predicted molar refractivity (Wildman–Crippen MR) is 84.2 cm³/mol. The zero-order valence-corrected chi connectivity index (χ0v) is 13.3. The van der Waals surface area contributed by atoms with E-state index in [0.29, 0.717) is 25.3 Å². The number of methoxy groups -OCH3 is 1. The van der Waals surface area contributed by atoms with Gasteiger partial charge in [-0.1, -0.05) is 6.07 Å². The second kappa shape index (κ2) is 7.74. The summed E-state index contributed by atoms with van der Waals surface area (Å²) in [6.45, 7) is 1.81. The molecule has 0 spiro atoms. The minimum Gasteiger partial charge on any atom is -0.380 e. The Labute approximate surface area is 139 Å². The number of hydrogen-bond acceptors (Lipinski definition) is 5. The molecule has 0 radical (unpaired) electrons. The lowest BCUT2D eigenvalue weighted by molar-refractivity contribution is -0.0374. The van der Waals surface area contributed by atoms with Crippen LogP contribution in [0.1, 0.15) is 12.1 Å². The molecule has 2 aromatic rings. The molecule has 2 aromatic heterocycles. The molecule has 3 rings (SSSR count). The highest BCUT2D eigenvalue weighted by Crippen LogP contribution is 2.24. The molecule has 0 bridgehead atoms. The van der Waals surface area contributed by atoms with E-state index < -0.39 is 11.6 Å². The van der Waals surface area contributed by atoms with Crippen molar-refractivity contribution in [3.05, 3.63) is 48.1 Å². The number of pyridine rings is 2. The number of halogens is 2. The molecule has 1 N–H and O–H groups in total. The van der Waals surface area contributed by atoms with Crippen molar-refractivity contribution in [1.29, 1.82) is 0 Å². The summed E-state index contributed by atoms with van der Waals surface area (Å²) in [6.07, 6.45) is 4.40. The van der Waals surface area contributed by atoms with Gasteiger partial charge in [-0.3, -0.25) is 9.97 Å². The quantitative estimate of drug-likeness (QED) is 0.909. The van der Waals surface area contributed by atoms with Gasteiger partial charge < -0.3 is 14.8 Å². The molecule has 1 fully saturated rings. The topological polar surface area (TPSA) is 56.3 Å². The molecule has 24 heavy (non-hydrogen) atoms. The normalized spacial score (nSPS) is 21.0. The average molecular weight is 335 g/mol. The van der Waals surface area contributed by atoms with Crippen LogP contribution < -0.4 is 5.32 Å². The van der Waals surface area contributed by atoms with Gasteiger partial charge in [-0.05, 0) is 12.5 Å². The predicted octanol–water partition coefficient (Wildman–Crippen LogP) is 2.32. The Kier molecular flexibility index (Phi) is 5.44. The molecule has 7 heteroatoms. The molecule has 1 aliphatic rings. The van der Waals surface area contributed by atoms with E-state index in [1.54, 1.807) is 19.2 Å². The van der Waals surface area contributed by atoms with Crippen LogP contribution in [0.5, 0.6) is 0 Å². The van der Waals surface area contributed by atoms with Crippen LogP contribution in [0, 0.1) is 11.6 Å². The number of rotatable bonds is 5. The highest BCUT2D eigenvalue weighted by molar-refractivity contribution is 5.63. The summed E-state index contributed by atoms with van der Waals surface area (Å²) in [5.41, 5.74) is 1.04. The second-order valence-corrected chi connectivity index (χ2v) is 5.64. The van der Waals surface area contributed by atoms with Crippen LogP contribution >= 0.6 is 0 Å². The van der Waals surface area contributed by atoms with Crippen LogP contribution in [0.3, 0.4) is 0 Å². The zero-order chi connectivity index (χ0) is 16.9. The maximum Gasteiger partial charge on any atom is 0.152 e. The largest absolute Gasteiger partial charge is 0.380 e. The minimum atomic E-state index is -0.704. The van der Waals surface area contributed by atoms with Crippen molar-refractivity contribution >= 4 is 0 Å². The van der Waals surface area contributed by atoms with Crippen LogP contribution in [0.25, 0.3) is 11.1 Å². The maximum absolute atomic E-state index is 13.7. The minimum absolute atomic E-state index is 0.0975. The molecule has 2 unspecified atom stereocenters. The van der Waals surface area contributed by atoms with Crippen molar-refractivity contribution in [2.45, 2.75) is 25.1 Å². The van der Waals surface area contributed by atoms with Gasteiger partial charge >= 0.3 is 0 Å². The standard InChI is InChI=1S/C17H19F2N3O2/c1-23-16-4-5-24-10-15(16)22-7-12-3-2-11(6-21-12)17-13(18)8-20-9-14(17)19/h2-3,6,8-9,15-16,22H,4-5,7,10H2,1H3. The molecule has 3 heterocycles. The van der Waals surface area contributed by atoms with E-state index in [-0.39, 0.29) is 17.7 Å². The Hall–Kier alpha value is -1.96. The van der Waals surface area contributed by atoms with E-state index >= 15 is 0 Å². The lowest BCUT2D eigenvalue weighted by atomic mass is 10.1. The lowest BCUT2D eigenvalue weighted by Crippen LogP contribution is -2.47. The van der Waals surface area contributed by atoms with Crippen molar-refractivity contribution in [2.75, 3.05) is 20.3 Å². The number of hydrogen-bond donors (Lipinski definition) is 1. The van der Waals surface area contributed by atoms with Gasteiger partial charge in [0.1, 0.15) is 0 Å². The highest BCUT2D eigenvalue weighted by Gasteiger charge is 2.25. The van der Waals surface area contributed by atoms with E-state index in [0.717, 1.165) is 24.5 Å². The Morgan fingerprint density at radius 2 is 2.04 bits per heavy atom. The van der Waals surface area contributed by atoms with Gasteiger partial charge in [0.05, 0.1) is 42.4 Å². The van der Waals surface area contributed by atoms with Crippen LogP contribution in [0.4, 0.5) is 8.78 Å². The van der Waals surface area contributed by atoms with Gasteiger partial charge in [0.15, 0.2) is 11.6 Å². The van der Waals surface area contributed by atoms with Crippen molar-refractivity contribution in [3.63, 3.8) is 0 Å². The average Bonchev–Trinajstić information content (AvgIpc) is 2.61. The molecule has 1 aliphatic heterocycles. The van der Waals surface area contributed by atoms with Gasteiger partial charge in [0.25, 0.3) is 0 Å². The SMILES string of the molecule is COC1CCOCC1NCc1ccc(-c2c(F)cncc2F)cn1. The first-order valence-corrected chi connectivity index (χ1v) is 7.77. The van der Waals surface area contributed by atoms with Gasteiger partial charge in [0.2, 0.25) is 0 Å². The fourth-order valence-corrected chi connectivity index (χ4v) is 2.79. The Morgan fingerprint density at radius 1 is 1.25 bits per heavy atom. The van der Waals surface area contributed by atoms with Crippen LogP contribution in [0.15, 0.2) is 30.7 Å². The van der Waals surface area contributed by atoms with Crippen LogP contribution in [-0.2, 0) is 16.0 Å². The fourth-order valence-electron chi connectivity index (χ4n) is 2.79. The summed E-state index contributed by atoms with van der Waals surface area (Å²) in [4.78, 5) is 7.75. The lowest BCUT2D eigenvalue weighted by Gasteiger charge is -2.31. The first kappa shape index (κ1) is 16.9. The molecular formula is C17H19F2N3O2. The van der Waals surface area contributed by atoms with Gasteiger partial charge in [0, 0.05) is 32.0 Å². The molecular weight excluding hydrogens is 316 g/mol. The summed E-state index contributed by atoms with van der Waals surface area (Å²) in [5, 5.41) is 3.35. The van der Waals surface area contributed by atoms with Crippen molar-refractivity contribution in [1.82, 2.24) is 15.3 Å². The van der Waals surface area contributed by atoms with Gasteiger partial charge in [-0.25, -0.2) is 8.78 Å². The number of aromatic nitrogens is 2. The summed E-state index contributed by atoms with van der Waals surface area (Å²) >= 11 is 0. The van der Waals surface area contributed by atoms with E-state index in [1.807, 2.05) is 0 Å². The second-order valence-electron chi connectivity index (χ2n) is 5.64. The molecule has 0 saturated carbocycles. The first-order chi connectivity index (χ1) is 11.7. The molecule has 1 saturated heterocycles. The number of nitrogens with zero attached hydrogens (tertiary/aromatic N) is 2. The fraction of sp³-hybridized carbons (Fsp3) is 0.412. The molecule has 5 nitrogen and oxygen atoms in total. The van der Waals surface area contributed by atoms with Crippen LogP contribution in [0.2, 0.25) is 0 Å². The van der Waals surface area contributed by atoms with Crippen molar-refractivity contribution in [3.8, 4) is 11.1 Å². The molecule has 128 valence electrons. The molecule has 0 aliphatic carbocycles. The van der Waals surface area contributed by atoms with Gasteiger partial charge in [-0.2, -0.15) is 0 Å². The number of nitrogens with one attached hydrogen (secondary N) is 1. The third-order valence-corrected chi connectivity index (χ3v) is 4.11. The van der Waals surface area contributed by atoms with E-state index in [2.05, 4.69) is 15.3 Å². The number of ether oxygens (including phenoxy) is 2. The zero-order valence-electron chi connectivity index (χ0n) is 13.3. The molecule has 2 atom stereocenters. The van der Waals surface area contributed by atoms with Crippen molar-refractivity contribution < 1.29 is 18.3 Å². The molecule has 0 amide bonds. The van der Waals surface area contributed by atoms with Crippen molar-refractivity contribution in [2.24, 2.45) is 0 Å². The van der Waals surface area contributed by atoms with Gasteiger partial charge in [-0.15, -0.1) is 0 Å². The van der Waals surface area contributed by atoms with Crippen LogP contribution in [-0.4, -0.2) is 42.4 Å².